The topological polar surface area (TPSA) is 62.0 Å². The zero-order chi connectivity index (χ0) is 14.5. The van der Waals surface area contributed by atoms with E-state index in [4.69, 9.17) is 15.6 Å². The molecule has 20 heavy (non-hydrogen) atoms. The minimum Gasteiger partial charge on any atom is -0.496 e. The molecule has 0 aliphatic carbocycles. The number of nitrogens with two attached hydrogens (primary N) is 1. The lowest BCUT2D eigenvalue weighted by atomic mass is 10.0. The van der Waals surface area contributed by atoms with Crippen LogP contribution in [0.5, 0.6) is 5.75 Å². The predicted octanol–water partition coefficient (Wildman–Crippen LogP) is 0.829. The van der Waals surface area contributed by atoms with E-state index in [1.54, 1.807) is 7.11 Å². The third-order valence-corrected chi connectivity index (χ3v) is 3.85. The Labute approximate surface area is 120 Å². The molecule has 1 fully saturated rings. The Morgan fingerprint density at radius 2 is 2.00 bits per heavy atom. The maximum atomic E-state index is 9.00. The summed E-state index contributed by atoms with van der Waals surface area (Å²) in [5.41, 5.74) is 8.37. The minimum absolute atomic E-state index is 0.0587. The predicted molar refractivity (Wildman–Crippen MR) is 81.3 cm³/mol. The van der Waals surface area contributed by atoms with E-state index in [0.717, 1.165) is 44.0 Å². The summed E-state index contributed by atoms with van der Waals surface area (Å²) in [6, 6.07) is 6.03. The zero-order valence-corrected chi connectivity index (χ0v) is 12.4. The molecule has 0 aromatic heterocycles. The van der Waals surface area contributed by atoms with E-state index in [1.807, 2.05) is 19.1 Å². The van der Waals surface area contributed by atoms with Crippen LogP contribution in [0, 0.1) is 0 Å². The quantitative estimate of drug-likeness (QED) is 0.836. The van der Waals surface area contributed by atoms with Crippen molar-refractivity contribution in [2.24, 2.45) is 5.73 Å². The number of aliphatic hydroxyl groups is 1. The average Bonchev–Trinajstić information content (AvgIpc) is 2.47. The van der Waals surface area contributed by atoms with Crippen molar-refractivity contribution in [1.29, 1.82) is 0 Å². The van der Waals surface area contributed by atoms with Crippen molar-refractivity contribution < 1.29 is 9.84 Å². The van der Waals surface area contributed by atoms with Crippen molar-refractivity contribution >= 4 is 5.69 Å². The molecule has 0 spiro atoms. The third kappa shape index (κ3) is 3.23. The molecule has 3 N–H and O–H groups in total. The Morgan fingerprint density at radius 3 is 2.55 bits per heavy atom. The lowest BCUT2D eigenvalue weighted by molar-refractivity contribution is 0.188. The first kappa shape index (κ1) is 15.1. The summed E-state index contributed by atoms with van der Waals surface area (Å²) in [7, 11) is 1.68. The van der Waals surface area contributed by atoms with Crippen molar-refractivity contribution in [3.63, 3.8) is 0 Å². The van der Waals surface area contributed by atoms with Gasteiger partial charge in [0.1, 0.15) is 5.75 Å². The van der Waals surface area contributed by atoms with Gasteiger partial charge in [0.15, 0.2) is 0 Å². The van der Waals surface area contributed by atoms with Crippen LogP contribution in [0.2, 0.25) is 0 Å². The van der Waals surface area contributed by atoms with E-state index in [0.29, 0.717) is 0 Å². The molecule has 0 radical (unpaired) electrons. The van der Waals surface area contributed by atoms with Crippen LogP contribution in [0.25, 0.3) is 0 Å². The molecule has 2 rings (SSSR count). The van der Waals surface area contributed by atoms with E-state index in [1.165, 1.54) is 5.69 Å². The lowest BCUT2D eigenvalue weighted by Gasteiger charge is -2.37. The van der Waals surface area contributed by atoms with Crippen LogP contribution in [0.1, 0.15) is 18.5 Å². The van der Waals surface area contributed by atoms with E-state index in [-0.39, 0.29) is 12.6 Å². The molecule has 5 nitrogen and oxygen atoms in total. The van der Waals surface area contributed by atoms with Gasteiger partial charge < -0.3 is 20.5 Å². The summed E-state index contributed by atoms with van der Waals surface area (Å²) >= 11 is 0. The molecule has 1 heterocycles. The van der Waals surface area contributed by atoms with Gasteiger partial charge in [0.2, 0.25) is 0 Å². The van der Waals surface area contributed by atoms with Gasteiger partial charge in [-0.15, -0.1) is 0 Å². The number of hydrogen-bond donors (Lipinski definition) is 2. The number of nitrogens with zero attached hydrogens (tertiary/aromatic N) is 2. The molecular formula is C15H25N3O2. The summed E-state index contributed by atoms with van der Waals surface area (Å²) in [6.07, 6.45) is 0. The highest BCUT2D eigenvalue weighted by molar-refractivity contribution is 5.61. The molecule has 1 aromatic carbocycles. The van der Waals surface area contributed by atoms with E-state index < -0.39 is 0 Å². The van der Waals surface area contributed by atoms with E-state index in [9.17, 15) is 0 Å². The van der Waals surface area contributed by atoms with Gasteiger partial charge in [-0.05, 0) is 19.1 Å². The van der Waals surface area contributed by atoms with Crippen molar-refractivity contribution in [3.05, 3.63) is 23.8 Å². The smallest absolute Gasteiger partial charge is 0.125 e. The summed E-state index contributed by atoms with van der Waals surface area (Å²) in [6.45, 7) is 6.81. The summed E-state index contributed by atoms with van der Waals surface area (Å²) in [5.74, 6) is 0.857. The fraction of sp³-hybridized carbons (Fsp3) is 0.600. The molecule has 1 aliphatic rings. The van der Waals surface area contributed by atoms with Crippen molar-refractivity contribution in [2.75, 3.05) is 51.3 Å². The second kappa shape index (κ2) is 6.92. The Hall–Kier alpha value is -1.30. The highest BCUT2D eigenvalue weighted by Crippen LogP contribution is 2.34. The maximum Gasteiger partial charge on any atom is 0.125 e. The Kier molecular flexibility index (Phi) is 5.23. The number of ether oxygens (including phenoxy) is 1. The van der Waals surface area contributed by atoms with Crippen LogP contribution in [0.3, 0.4) is 0 Å². The fourth-order valence-corrected chi connectivity index (χ4v) is 2.80. The van der Waals surface area contributed by atoms with Crippen LogP contribution >= 0.6 is 0 Å². The fourth-order valence-electron chi connectivity index (χ4n) is 2.80. The van der Waals surface area contributed by atoms with Gasteiger partial charge in [0.05, 0.1) is 13.7 Å². The second-order valence-corrected chi connectivity index (χ2v) is 5.23. The number of piperazine rings is 1. The van der Waals surface area contributed by atoms with Crippen molar-refractivity contribution in [3.8, 4) is 5.75 Å². The number of aliphatic hydroxyl groups excluding tert-OH is 1. The second-order valence-electron chi connectivity index (χ2n) is 5.23. The van der Waals surface area contributed by atoms with Crippen LogP contribution in [0.4, 0.5) is 5.69 Å². The van der Waals surface area contributed by atoms with Crippen LogP contribution in [-0.4, -0.2) is 56.4 Å². The van der Waals surface area contributed by atoms with Crippen molar-refractivity contribution in [1.82, 2.24) is 4.90 Å². The van der Waals surface area contributed by atoms with Crippen LogP contribution in [-0.2, 0) is 0 Å². The molecule has 112 valence electrons. The first-order chi connectivity index (χ1) is 9.67. The zero-order valence-electron chi connectivity index (χ0n) is 12.4. The number of methoxy groups -OCH3 is 1. The van der Waals surface area contributed by atoms with Crippen molar-refractivity contribution in [2.45, 2.75) is 13.0 Å². The van der Waals surface area contributed by atoms with E-state index in [2.05, 4.69) is 15.9 Å². The molecule has 1 aliphatic heterocycles. The average molecular weight is 279 g/mol. The molecule has 5 heteroatoms. The van der Waals surface area contributed by atoms with E-state index >= 15 is 0 Å². The number of hydrogen-bond acceptors (Lipinski definition) is 5. The molecule has 1 saturated heterocycles. The Balaban J connectivity index is 2.17. The molecular weight excluding hydrogens is 254 g/mol. The summed E-state index contributed by atoms with van der Waals surface area (Å²) in [5, 5.41) is 9.00. The number of benzene rings is 1. The minimum atomic E-state index is -0.0587. The van der Waals surface area contributed by atoms with Crippen LogP contribution < -0.4 is 15.4 Å². The SMILES string of the molecule is COc1cccc(N2CCN(CCO)CC2)c1C(C)N. The highest BCUT2D eigenvalue weighted by atomic mass is 16.5. The largest absolute Gasteiger partial charge is 0.496 e. The molecule has 0 amide bonds. The highest BCUT2D eigenvalue weighted by Gasteiger charge is 2.21. The number of anilines is 1. The van der Waals surface area contributed by atoms with Gasteiger partial charge in [-0.25, -0.2) is 0 Å². The molecule has 0 saturated carbocycles. The summed E-state index contributed by atoms with van der Waals surface area (Å²) in [4.78, 5) is 4.64. The summed E-state index contributed by atoms with van der Waals surface area (Å²) < 4.78 is 5.45. The molecule has 1 atom stereocenters. The maximum absolute atomic E-state index is 9.00. The number of β-amino-alcohol motifs (C(OH)–C–C–N with tert-alkyl or cyclic N) is 1. The Morgan fingerprint density at radius 1 is 1.30 bits per heavy atom. The number of rotatable bonds is 5. The van der Waals surface area contributed by atoms with Crippen LogP contribution in [0.15, 0.2) is 18.2 Å². The van der Waals surface area contributed by atoms with Gasteiger partial charge in [-0.1, -0.05) is 6.07 Å². The van der Waals surface area contributed by atoms with Gasteiger partial charge in [-0.3, -0.25) is 4.90 Å². The molecule has 1 unspecified atom stereocenters. The van der Waals surface area contributed by atoms with Gasteiger partial charge in [0.25, 0.3) is 0 Å². The standard InChI is InChI=1S/C15H25N3O2/c1-12(16)15-13(4-3-5-14(15)20-2)18-8-6-17(7-9-18)10-11-19/h3-5,12,19H,6-11,16H2,1-2H3. The monoisotopic (exact) mass is 279 g/mol. The Bertz CT molecular complexity index is 429. The van der Waals surface area contributed by atoms with Gasteiger partial charge in [0, 0.05) is 50.0 Å². The first-order valence-electron chi connectivity index (χ1n) is 7.18. The first-order valence-corrected chi connectivity index (χ1v) is 7.18. The normalized spacial score (nSPS) is 18.1. The molecule has 1 aromatic rings. The van der Waals surface area contributed by atoms with Gasteiger partial charge in [-0.2, -0.15) is 0 Å². The van der Waals surface area contributed by atoms with Gasteiger partial charge >= 0.3 is 0 Å². The molecule has 0 bridgehead atoms. The lowest BCUT2D eigenvalue weighted by Crippen LogP contribution is -2.47. The third-order valence-electron chi connectivity index (χ3n) is 3.85.